The topological polar surface area (TPSA) is 49.7 Å². The first-order chi connectivity index (χ1) is 15.8. The Labute approximate surface area is 205 Å². The molecule has 8 rings (SSSR count). The predicted octanol–water partition coefficient (Wildman–Crippen LogP) is 5.18. The Kier molecular flexibility index (Phi) is 3.87. The van der Waals surface area contributed by atoms with Gasteiger partial charge in [0, 0.05) is 35.2 Å². The molecular weight excluding hydrogens is 422 g/mol. The fraction of sp³-hybridized carbons (Fsp3) is 0.800. The Bertz CT molecular complexity index is 1090. The van der Waals surface area contributed by atoms with Crippen LogP contribution in [-0.4, -0.2) is 52.6 Å². The normalized spacial score (nSPS) is 47.7. The van der Waals surface area contributed by atoms with Gasteiger partial charge in [-0.3, -0.25) is 0 Å². The SMILES string of the molecule is CC(C)(C)C(C)(O)[C@H]1C[C@@]23CC[C@]1(C)[C@@H]1Oc4c(O)ccc5c4[C@@]12CC[N@@+](C)(CC1CC1)[C@@H]3C5. The van der Waals surface area contributed by atoms with Crippen LogP contribution in [0.25, 0.3) is 0 Å². The molecule has 186 valence electrons. The van der Waals surface area contributed by atoms with Crippen molar-refractivity contribution in [3.05, 3.63) is 23.3 Å². The van der Waals surface area contributed by atoms with E-state index in [1.165, 1.54) is 48.0 Å². The average molecular weight is 467 g/mol. The number of hydrogen-bond donors (Lipinski definition) is 2. The summed E-state index contributed by atoms with van der Waals surface area (Å²) in [7, 11) is 2.56. The van der Waals surface area contributed by atoms with Gasteiger partial charge in [0.15, 0.2) is 11.5 Å². The van der Waals surface area contributed by atoms with Crippen LogP contribution in [0.2, 0.25) is 0 Å². The third-order valence-corrected chi connectivity index (χ3v) is 12.7. The summed E-state index contributed by atoms with van der Waals surface area (Å²) in [6, 6.07) is 4.66. The van der Waals surface area contributed by atoms with Crippen LogP contribution in [0.3, 0.4) is 0 Å². The minimum Gasteiger partial charge on any atom is -0.504 e. The summed E-state index contributed by atoms with van der Waals surface area (Å²) in [5.74, 6) is 2.18. The van der Waals surface area contributed by atoms with E-state index in [2.05, 4.69) is 47.7 Å². The zero-order valence-corrected chi connectivity index (χ0v) is 22.1. The molecule has 2 spiro atoms. The maximum atomic E-state index is 12.2. The highest BCUT2D eigenvalue weighted by atomic mass is 16.5. The number of ether oxygens (including phenoxy) is 1. The molecule has 0 amide bonds. The van der Waals surface area contributed by atoms with Gasteiger partial charge < -0.3 is 19.4 Å². The lowest BCUT2D eigenvalue weighted by atomic mass is 9.31. The molecular formula is C30H44NO3+. The first-order valence-corrected chi connectivity index (χ1v) is 13.9. The smallest absolute Gasteiger partial charge is 0.165 e. The number of piperidine rings is 1. The highest BCUT2D eigenvalue weighted by Gasteiger charge is 2.83. The molecule has 0 radical (unpaired) electrons. The van der Waals surface area contributed by atoms with Crippen LogP contribution in [0.15, 0.2) is 12.1 Å². The fourth-order valence-electron chi connectivity index (χ4n) is 10.4. The van der Waals surface area contributed by atoms with E-state index < -0.39 is 5.60 Å². The van der Waals surface area contributed by atoms with Crippen LogP contribution in [-0.2, 0) is 11.8 Å². The first-order valence-electron chi connectivity index (χ1n) is 13.9. The second-order valence-corrected chi connectivity index (χ2v) is 15.0. The van der Waals surface area contributed by atoms with E-state index in [1.54, 1.807) is 0 Å². The molecule has 5 fully saturated rings. The number of phenolic OH excluding ortho intramolecular Hbond substituents is 1. The van der Waals surface area contributed by atoms with Crippen LogP contribution < -0.4 is 4.74 Å². The highest BCUT2D eigenvalue weighted by molar-refractivity contribution is 5.62. The zero-order chi connectivity index (χ0) is 24.1. The Morgan fingerprint density at radius 3 is 2.53 bits per heavy atom. The monoisotopic (exact) mass is 466 g/mol. The van der Waals surface area contributed by atoms with E-state index in [9.17, 15) is 10.2 Å². The van der Waals surface area contributed by atoms with E-state index in [4.69, 9.17) is 4.74 Å². The van der Waals surface area contributed by atoms with Gasteiger partial charge in [-0.1, -0.05) is 33.8 Å². The molecule has 4 saturated carbocycles. The van der Waals surface area contributed by atoms with Gasteiger partial charge in [-0.15, -0.1) is 0 Å². The van der Waals surface area contributed by atoms with Crippen LogP contribution in [0.1, 0.15) is 84.3 Å². The maximum Gasteiger partial charge on any atom is 0.165 e. The second-order valence-electron chi connectivity index (χ2n) is 15.0. The highest BCUT2D eigenvalue weighted by Crippen LogP contribution is 2.80. The largest absolute Gasteiger partial charge is 0.504 e. The summed E-state index contributed by atoms with van der Waals surface area (Å²) < 4.78 is 8.16. The summed E-state index contributed by atoms with van der Waals surface area (Å²) in [5.41, 5.74) is 1.80. The Morgan fingerprint density at radius 1 is 1.12 bits per heavy atom. The van der Waals surface area contributed by atoms with Gasteiger partial charge in [0.25, 0.3) is 0 Å². The van der Waals surface area contributed by atoms with Gasteiger partial charge in [0.05, 0.1) is 37.2 Å². The molecule has 1 aromatic carbocycles. The van der Waals surface area contributed by atoms with E-state index in [1.807, 2.05) is 6.07 Å². The number of fused-ring (bicyclic) bond motifs is 2. The molecule has 1 aromatic rings. The zero-order valence-electron chi connectivity index (χ0n) is 22.1. The quantitative estimate of drug-likeness (QED) is 0.604. The Hall–Kier alpha value is -1.26. The minimum atomic E-state index is -0.786. The van der Waals surface area contributed by atoms with Crippen molar-refractivity contribution in [3.8, 4) is 11.5 Å². The number of likely N-dealkylation sites (tertiary alicyclic amines) is 1. The first kappa shape index (κ1) is 22.0. The molecule has 2 heterocycles. The number of rotatable bonds is 3. The third kappa shape index (κ3) is 2.22. The van der Waals surface area contributed by atoms with Crippen molar-refractivity contribution in [2.45, 2.75) is 103 Å². The molecule has 7 aliphatic rings. The average Bonchev–Trinajstić information content (AvgIpc) is 3.47. The molecule has 1 saturated heterocycles. The van der Waals surface area contributed by atoms with Crippen molar-refractivity contribution in [2.75, 3.05) is 20.1 Å². The Morgan fingerprint density at radius 2 is 1.85 bits per heavy atom. The lowest BCUT2D eigenvalue weighted by molar-refractivity contribution is -0.952. The molecule has 34 heavy (non-hydrogen) atoms. The molecule has 2 N–H and O–H groups in total. The Balaban J connectivity index is 1.48. The van der Waals surface area contributed by atoms with Crippen LogP contribution in [0.4, 0.5) is 0 Å². The van der Waals surface area contributed by atoms with Crippen molar-refractivity contribution in [3.63, 3.8) is 0 Å². The standard InChI is InChI=1S/C30H43NO3/c1-26(2,3)28(5,33)21-16-29-12-11-27(21,4)25-30(29)13-14-31(6,17-18-7-8-18)22(29)15-19-9-10-20(32)24(34-25)23(19)30/h9-10,18,21-22,25,33H,7-8,11-17H2,1-6H3/p+1/t21-,22+,25-,27-,28?,29+,30-,31-/m0/s1. The molecule has 5 aliphatic carbocycles. The predicted molar refractivity (Wildman–Crippen MR) is 133 cm³/mol. The molecule has 0 aromatic heterocycles. The summed E-state index contributed by atoms with van der Waals surface area (Å²) in [5, 5.41) is 23.2. The number of hydrogen-bond acceptors (Lipinski definition) is 3. The van der Waals surface area contributed by atoms with E-state index >= 15 is 0 Å². The van der Waals surface area contributed by atoms with E-state index in [0.717, 1.165) is 37.4 Å². The van der Waals surface area contributed by atoms with Gasteiger partial charge in [0.1, 0.15) is 6.10 Å². The summed E-state index contributed by atoms with van der Waals surface area (Å²) in [4.78, 5) is 0. The van der Waals surface area contributed by atoms with Crippen LogP contribution in [0, 0.1) is 28.1 Å². The lowest BCUT2D eigenvalue weighted by Gasteiger charge is -2.76. The molecule has 1 unspecified atom stereocenters. The number of nitrogens with zero attached hydrogens (tertiary/aromatic N) is 1. The molecule has 2 aliphatic heterocycles. The fourth-order valence-corrected chi connectivity index (χ4v) is 10.4. The number of phenols is 1. The van der Waals surface area contributed by atoms with Gasteiger partial charge in [-0.05, 0) is 62.0 Å². The van der Waals surface area contributed by atoms with Crippen molar-refractivity contribution in [2.24, 2.45) is 28.1 Å². The number of aromatic hydroxyl groups is 1. The van der Waals surface area contributed by atoms with Gasteiger partial charge in [-0.2, -0.15) is 0 Å². The number of quaternary nitrogens is 1. The van der Waals surface area contributed by atoms with Gasteiger partial charge >= 0.3 is 0 Å². The lowest BCUT2D eigenvalue weighted by Crippen LogP contribution is -2.82. The minimum absolute atomic E-state index is 0.0158. The van der Waals surface area contributed by atoms with Crippen LogP contribution in [0.5, 0.6) is 11.5 Å². The summed E-state index contributed by atoms with van der Waals surface area (Å²) >= 11 is 0. The van der Waals surface area contributed by atoms with Crippen LogP contribution >= 0.6 is 0 Å². The maximum absolute atomic E-state index is 12.2. The summed E-state index contributed by atoms with van der Waals surface area (Å²) in [6.45, 7) is 13.7. The van der Waals surface area contributed by atoms with Gasteiger partial charge in [0.2, 0.25) is 0 Å². The number of aliphatic hydroxyl groups is 1. The van der Waals surface area contributed by atoms with Gasteiger partial charge in [-0.25, -0.2) is 0 Å². The molecule has 4 bridgehead atoms. The molecule has 4 nitrogen and oxygen atoms in total. The second kappa shape index (κ2) is 5.99. The number of likely N-dealkylation sites (N-methyl/N-ethyl adjacent to an activating group) is 1. The van der Waals surface area contributed by atoms with E-state index in [-0.39, 0.29) is 33.7 Å². The molecule has 8 atom stereocenters. The van der Waals surface area contributed by atoms with E-state index in [0.29, 0.717) is 11.8 Å². The summed E-state index contributed by atoms with van der Waals surface area (Å²) in [6.07, 6.45) is 8.52. The van der Waals surface area contributed by atoms with Crippen molar-refractivity contribution in [1.29, 1.82) is 0 Å². The third-order valence-electron chi connectivity index (χ3n) is 12.7. The molecule has 4 heteroatoms. The van der Waals surface area contributed by atoms with Crippen molar-refractivity contribution < 1.29 is 19.4 Å². The number of benzene rings is 1. The van der Waals surface area contributed by atoms with Crippen molar-refractivity contribution >= 4 is 0 Å². The van der Waals surface area contributed by atoms with Crippen molar-refractivity contribution in [1.82, 2.24) is 0 Å².